The topological polar surface area (TPSA) is 94.9 Å². The third-order valence-corrected chi connectivity index (χ3v) is 11.4. The summed E-state index contributed by atoms with van der Waals surface area (Å²) in [7, 11) is -1.01. The lowest BCUT2D eigenvalue weighted by Crippen LogP contribution is -2.41. The van der Waals surface area contributed by atoms with Crippen LogP contribution in [-0.2, 0) is 25.4 Å². The largest absolute Gasteiger partial charge is 0.494 e. The molecule has 0 amide bonds. The molecule has 0 radical (unpaired) electrons. The minimum Gasteiger partial charge on any atom is -0.494 e. The van der Waals surface area contributed by atoms with E-state index < -0.39 is 45.2 Å². The van der Waals surface area contributed by atoms with Crippen LogP contribution in [0.25, 0.3) is 10.4 Å². The van der Waals surface area contributed by atoms with Crippen molar-refractivity contribution >= 4 is 20.4 Å². The number of rotatable bonds is 11. The van der Waals surface area contributed by atoms with Gasteiger partial charge in [-0.2, -0.15) is 0 Å². The first-order chi connectivity index (χ1) is 18.4. The first kappa shape index (κ1) is 29.9. The molecule has 0 spiro atoms. The minimum absolute atomic E-state index is 0.0662. The molecule has 2 aliphatic heterocycles. The highest BCUT2D eigenvalue weighted by molar-refractivity contribution is 6.59. The standard InChI is InChI=1S/C29H40ClN3O5Si/c1-8-34-21-12-9-18(10-13-21)15-20-16-19(11-14-22(20)30)23(32-33-31)24-25(35-17-28(2,3)39(6)7)26-27(36-24)38-29(4,5)37-26/h9-14,16,23-27,39H,8,15,17H2,1-7H3/t23?,24-,25+,26-,27-/m0/s1. The van der Waals surface area contributed by atoms with E-state index in [0.29, 0.717) is 24.7 Å². The second-order valence-corrected chi connectivity index (χ2v) is 16.0. The molecule has 2 aromatic rings. The second-order valence-electron chi connectivity index (χ2n) is 11.7. The number of hydrogen-bond acceptors (Lipinski definition) is 6. The smallest absolute Gasteiger partial charge is 0.190 e. The van der Waals surface area contributed by atoms with E-state index in [4.69, 9.17) is 35.3 Å². The zero-order valence-electron chi connectivity index (χ0n) is 23.9. The zero-order valence-corrected chi connectivity index (χ0v) is 25.8. The van der Waals surface area contributed by atoms with Gasteiger partial charge in [-0.15, -0.1) is 0 Å². The molecular weight excluding hydrogens is 534 g/mol. The van der Waals surface area contributed by atoms with Gasteiger partial charge in [0.25, 0.3) is 0 Å². The van der Waals surface area contributed by atoms with Crippen molar-refractivity contribution in [2.75, 3.05) is 13.2 Å². The van der Waals surface area contributed by atoms with E-state index in [1.165, 1.54) is 0 Å². The fourth-order valence-corrected chi connectivity index (χ4v) is 5.42. The summed E-state index contributed by atoms with van der Waals surface area (Å²) in [6, 6.07) is 13.0. The van der Waals surface area contributed by atoms with Gasteiger partial charge in [0, 0.05) is 25.3 Å². The quantitative estimate of drug-likeness (QED) is 0.122. The molecule has 212 valence electrons. The average Bonchev–Trinajstić information content (AvgIpc) is 3.35. The lowest BCUT2D eigenvalue weighted by molar-refractivity contribution is -0.221. The van der Waals surface area contributed by atoms with Crippen LogP contribution in [0.2, 0.25) is 23.2 Å². The molecular formula is C29H40ClN3O5Si. The second kappa shape index (κ2) is 12.2. The van der Waals surface area contributed by atoms with Crippen LogP contribution in [0, 0.1) is 0 Å². The summed E-state index contributed by atoms with van der Waals surface area (Å²) in [5.41, 5.74) is 12.4. The summed E-state index contributed by atoms with van der Waals surface area (Å²) < 4.78 is 30.8. The number of azide groups is 1. The summed E-state index contributed by atoms with van der Waals surface area (Å²) >= 11 is 6.62. The summed E-state index contributed by atoms with van der Waals surface area (Å²) in [6.45, 7) is 16.0. The number of fused-ring (bicyclic) bond motifs is 1. The molecule has 2 fully saturated rings. The van der Waals surface area contributed by atoms with Crippen LogP contribution in [0.1, 0.15) is 57.4 Å². The Labute approximate surface area is 238 Å². The zero-order chi connectivity index (χ0) is 28.4. The van der Waals surface area contributed by atoms with E-state index in [0.717, 1.165) is 22.4 Å². The summed E-state index contributed by atoms with van der Waals surface area (Å²) in [6.07, 6.45) is -1.48. The van der Waals surface area contributed by atoms with Gasteiger partial charge in [0.05, 0.1) is 12.6 Å². The molecule has 10 heteroatoms. The first-order valence-corrected chi connectivity index (χ1v) is 16.9. The van der Waals surface area contributed by atoms with Gasteiger partial charge in [-0.1, -0.05) is 67.9 Å². The van der Waals surface area contributed by atoms with E-state index in [2.05, 4.69) is 37.0 Å². The maximum atomic E-state index is 9.56. The Balaban J connectivity index is 1.62. The van der Waals surface area contributed by atoms with Crippen molar-refractivity contribution in [2.45, 2.75) is 95.6 Å². The van der Waals surface area contributed by atoms with Gasteiger partial charge in [-0.05, 0) is 72.7 Å². The van der Waals surface area contributed by atoms with Crippen LogP contribution in [0.3, 0.4) is 0 Å². The molecule has 0 saturated carbocycles. The highest BCUT2D eigenvalue weighted by Gasteiger charge is 2.57. The number of halogens is 1. The molecule has 1 unspecified atom stereocenters. The number of hydrogen-bond donors (Lipinski definition) is 0. The molecule has 2 heterocycles. The molecule has 4 rings (SSSR count). The Morgan fingerprint density at radius 3 is 2.51 bits per heavy atom. The highest BCUT2D eigenvalue weighted by atomic mass is 35.5. The van der Waals surface area contributed by atoms with Gasteiger partial charge >= 0.3 is 0 Å². The Bertz CT molecular complexity index is 1190. The molecule has 0 N–H and O–H groups in total. The number of nitrogens with zero attached hydrogens (tertiary/aromatic N) is 3. The average molecular weight is 574 g/mol. The summed E-state index contributed by atoms with van der Waals surface area (Å²) in [5, 5.41) is 4.90. The van der Waals surface area contributed by atoms with Crippen LogP contribution in [-0.4, -0.2) is 52.4 Å². The number of ether oxygens (including phenoxy) is 5. The van der Waals surface area contributed by atoms with E-state index in [-0.39, 0.29) is 5.04 Å². The maximum Gasteiger partial charge on any atom is 0.190 e. The molecule has 0 aliphatic carbocycles. The van der Waals surface area contributed by atoms with Gasteiger partial charge in [-0.3, -0.25) is 0 Å². The van der Waals surface area contributed by atoms with Crippen LogP contribution >= 0.6 is 11.6 Å². The number of benzene rings is 2. The lowest BCUT2D eigenvalue weighted by atomic mass is 9.94. The van der Waals surface area contributed by atoms with E-state index in [9.17, 15) is 5.53 Å². The van der Waals surface area contributed by atoms with Gasteiger partial charge in [0.2, 0.25) is 0 Å². The van der Waals surface area contributed by atoms with Crippen molar-refractivity contribution in [1.29, 1.82) is 0 Å². The molecule has 0 bridgehead atoms. The van der Waals surface area contributed by atoms with Gasteiger partial charge in [0.1, 0.15) is 24.1 Å². The van der Waals surface area contributed by atoms with Crippen molar-refractivity contribution < 1.29 is 23.7 Å². The lowest BCUT2D eigenvalue weighted by Gasteiger charge is -2.34. The Morgan fingerprint density at radius 1 is 1.15 bits per heavy atom. The van der Waals surface area contributed by atoms with Crippen LogP contribution in [0.4, 0.5) is 0 Å². The molecule has 2 aliphatic rings. The SMILES string of the molecule is CCOc1ccc(Cc2cc(C(N=[N+]=[N-])[C@@H]3O[C@H]4OC(C)(C)O[C@H]4[C@@H]3OCC(C)(C)[SiH](C)C)ccc2Cl)cc1. The van der Waals surface area contributed by atoms with E-state index in [1.54, 1.807) is 0 Å². The van der Waals surface area contributed by atoms with Crippen molar-refractivity contribution in [2.24, 2.45) is 5.11 Å². The Kier molecular flexibility index (Phi) is 9.33. The van der Waals surface area contributed by atoms with Crippen LogP contribution < -0.4 is 4.74 Å². The third kappa shape index (κ3) is 6.98. The van der Waals surface area contributed by atoms with E-state index >= 15 is 0 Å². The third-order valence-electron chi connectivity index (χ3n) is 7.77. The van der Waals surface area contributed by atoms with Crippen LogP contribution in [0.5, 0.6) is 5.75 Å². The molecule has 39 heavy (non-hydrogen) atoms. The first-order valence-electron chi connectivity index (χ1n) is 13.6. The predicted molar refractivity (Wildman–Crippen MR) is 155 cm³/mol. The summed E-state index contributed by atoms with van der Waals surface area (Å²) in [5.74, 6) is 0.0408. The fraction of sp³-hybridized carbons (Fsp3) is 0.586. The molecule has 0 aromatic heterocycles. The van der Waals surface area contributed by atoms with Gasteiger partial charge in [0.15, 0.2) is 12.1 Å². The normalized spacial score (nSPS) is 24.8. The predicted octanol–water partition coefficient (Wildman–Crippen LogP) is 7.21. The Morgan fingerprint density at radius 2 is 1.87 bits per heavy atom. The maximum absolute atomic E-state index is 9.56. The Hall–Kier alpha value is -2.10. The van der Waals surface area contributed by atoms with Crippen LogP contribution in [0.15, 0.2) is 47.6 Å². The summed E-state index contributed by atoms with van der Waals surface area (Å²) in [4.78, 5) is 3.18. The molecule has 2 saturated heterocycles. The van der Waals surface area contributed by atoms with Gasteiger partial charge < -0.3 is 23.7 Å². The minimum atomic E-state index is -1.01. The van der Waals surface area contributed by atoms with Crippen molar-refractivity contribution in [3.8, 4) is 5.75 Å². The van der Waals surface area contributed by atoms with Gasteiger partial charge in [-0.25, -0.2) is 0 Å². The molecule has 8 nitrogen and oxygen atoms in total. The van der Waals surface area contributed by atoms with Crippen molar-refractivity contribution in [3.05, 3.63) is 74.6 Å². The highest BCUT2D eigenvalue weighted by Crippen LogP contribution is 2.45. The van der Waals surface area contributed by atoms with Crippen molar-refractivity contribution in [1.82, 2.24) is 0 Å². The monoisotopic (exact) mass is 573 g/mol. The fourth-order valence-electron chi connectivity index (χ4n) is 4.81. The van der Waals surface area contributed by atoms with E-state index in [1.807, 2.05) is 63.2 Å². The molecule has 5 atom stereocenters. The van der Waals surface area contributed by atoms with Crippen molar-refractivity contribution in [3.63, 3.8) is 0 Å². The molecule has 2 aromatic carbocycles.